The summed E-state index contributed by atoms with van der Waals surface area (Å²) in [6.07, 6.45) is 1.36. The molecule has 108 valence electrons. The summed E-state index contributed by atoms with van der Waals surface area (Å²) < 4.78 is 27.0. The van der Waals surface area contributed by atoms with Gasteiger partial charge in [-0.15, -0.1) is 0 Å². The summed E-state index contributed by atoms with van der Waals surface area (Å²) in [5.74, 6) is 0. The topological polar surface area (TPSA) is 66.4 Å². The van der Waals surface area contributed by atoms with E-state index in [2.05, 4.69) is 4.72 Å². The molecule has 0 amide bonds. The van der Waals surface area contributed by atoms with Gasteiger partial charge < -0.3 is 5.11 Å². The number of aryl methyl sites for hydroxylation is 1. The molecule has 0 bridgehead atoms. The maximum Gasteiger partial charge on any atom is 0.240 e. The molecule has 0 saturated carbocycles. The number of hydrogen-bond acceptors (Lipinski definition) is 3. The molecule has 1 aromatic carbocycles. The minimum absolute atomic E-state index is 0.0556. The van der Waals surface area contributed by atoms with Gasteiger partial charge in [0, 0.05) is 13.2 Å². The van der Waals surface area contributed by atoms with Crippen LogP contribution >= 0.6 is 0 Å². The Labute approximate surface area is 115 Å². The molecule has 19 heavy (non-hydrogen) atoms. The zero-order chi connectivity index (χ0) is 14.5. The van der Waals surface area contributed by atoms with E-state index in [1.807, 2.05) is 26.8 Å². The Kier molecular flexibility index (Phi) is 5.52. The van der Waals surface area contributed by atoms with Crippen LogP contribution in [0.15, 0.2) is 29.2 Å². The Morgan fingerprint density at radius 1 is 1.32 bits per heavy atom. The van der Waals surface area contributed by atoms with Crippen molar-refractivity contribution in [2.75, 3.05) is 13.2 Å². The highest BCUT2D eigenvalue weighted by atomic mass is 32.2. The van der Waals surface area contributed by atoms with Crippen molar-refractivity contribution in [3.05, 3.63) is 29.8 Å². The Morgan fingerprint density at radius 3 is 2.58 bits per heavy atom. The van der Waals surface area contributed by atoms with Gasteiger partial charge in [-0.3, -0.25) is 0 Å². The van der Waals surface area contributed by atoms with E-state index in [0.717, 1.165) is 12.0 Å². The van der Waals surface area contributed by atoms with Crippen molar-refractivity contribution < 1.29 is 13.5 Å². The minimum atomic E-state index is -3.48. The minimum Gasteiger partial charge on any atom is -0.396 e. The van der Waals surface area contributed by atoms with Gasteiger partial charge in [-0.05, 0) is 36.0 Å². The number of rotatable bonds is 7. The SMILES string of the molecule is CCc1cccc(S(=O)(=O)NCC(C)(C)CCO)c1. The van der Waals surface area contributed by atoms with Crippen molar-refractivity contribution in [2.24, 2.45) is 5.41 Å². The molecule has 0 unspecified atom stereocenters. The molecule has 1 aromatic rings. The Balaban J connectivity index is 2.81. The second-order valence-corrected chi connectivity index (χ2v) is 7.23. The van der Waals surface area contributed by atoms with E-state index in [1.165, 1.54) is 0 Å². The third-order valence-corrected chi connectivity index (χ3v) is 4.55. The molecule has 0 fully saturated rings. The van der Waals surface area contributed by atoms with Crippen LogP contribution in [0.25, 0.3) is 0 Å². The van der Waals surface area contributed by atoms with Crippen LogP contribution in [0.5, 0.6) is 0 Å². The number of sulfonamides is 1. The molecule has 2 N–H and O–H groups in total. The molecule has 0 radical (unpaired) electrons. The highest BCUT2D eigenvalue weighted by molar-refractivity contribution is 7.89. The molecule has 1 rings (SSSR count). The Bertz CT molecular complexity index is 509. The lowest BCUT2D eigenvalue weighted by molar-refractivity contribution is 0.213. The fourth-order valence-electron chi connectivity index (χ4n) is 1.70. The zero-order valence-electron chi connectivity index (χ0n) is 11.8. The normalized spacial score (nSPS) is 12.6. The van der Waals surface area contributed by atoms with E-state index < -0.39 is 10.0 Å². The number of aliphatic hydroxyl groups excluding tert-OH is 1. The van der Waals surface area contributed by atoms with Gasteiger partial charge in [0.25, 0.3) is 0 Å². The summed E-state index contributed by atoms with van der Waals surface area (Å²) in [6, 6.07) is 6.96. The zero-order valence-corrected chi connectivity index (χ0v) is 12.6. The van der Waals surface area contributed by atoms with Crippen LogP contribution in [-0.2, 0) is 16.4 Å². The third-order valence-electron chi connectivity index (χ3n) is 3.15. The lowest BCUT2D eigenvalue weighted by atomic mass is 9.90. The third kappa shape index (κ3) is 4.93. The summed E-state index contributed by atoms with van der Waals surface area (Å²) in [7, 11) is -3.48. The second kappa shape index (κ2) is 6.50. The molecule has 0 aliphatic rings. The van der Waals surface area contributed by atoms with Crippen molar-refractivity contribution in [3.8, 4) is 0 Å². The van der Waals surface area contributed by atoms with Crippen LogP contribution in [0.2, 0.25) is 0 Å². The highest BCUT2D eigenvalue weighted by Crippen LogP contribution is 2.20. The number of nitrogens with one attached hydrogen (secondary N) is 1. The summed E-state index contributed by atoms with van der Waals surface area (Å²) >= 11 is 0. The molecule has 0 saturated heterocycles. The largest absolute Gasteiger partial charge is 0.396 e. The molecule has 0 atom stereocenters. The van der Waals surface area contributed by atoms with E-state index in [-0.39, 0.29) is 12.0 Å². The molecule has 5 heteroatoms. The maximum atomic E-state index is 12.2. The average molecular weight is 285 g/mol. The van der Waals surface area contributed by atoms with Crippen LogP contribution < -0.4 is 4.72 Å². The fourth-order valence-corrected chi connectivity index (χ4v) is 3.01. The van der Waals surface area contributed by atoms with Crippen LogP contribution in [0.1, 0.15) is 32.8 Å². The molecule has 0 spiro atoms. The summed E-state index contributed by atoms with van der Waals surface area (Å²) in [6.45, 7) is 6.21. The number of aliphatic hydroxyl groups is 1. The number of hydrogen-bond donors (Lipinski definition) is 2. The smallest absolute Gasteiger partial charge is 0.240 e. The van der Waals surface area contributed by atoms with Gasteiger partial charge >= 0.3 is 0 Å². The molecule has 0 aliphatic heterocycles. The van der Waals surface area contributed by atoms with Gasteiger partial charge in [-0.25, -0.2) is 13.1 Å². The van der Waals surface area contributed by atoms with Crippen LogP contribution in [0, 0.1) is 5.41 Å². The van der Waals surface area contributed by atoms with Crippen molar-refractivity contribution in [1.82, 2.24) is 4.72 Å². The lowest BCUT2D eigenvalue weighted by Crippen LogP contribution is -2.34. The van der Waals surface area contributed by atoms with Crippen LogP contribution in [-0.4, -0.2) is 26.7 Å². The van der Waals surface area contributed by atoms with Gasteiger partial charge in [-0.2, -0.15) is 0 Å². The summed E-state index contributed by atoms with van der Waals surface area (Å²) in [5, 5.41) is 8.94. The van der Waals surface area contributed by atoms with Crippen LogP contribution in [0.3, 0.4) is 0 Å². The van der Waals surface area contributed by atoms with Gasteiger partial charge in [0.2, 0.25) is 10.0 Å². The standard InChI is InChI=1S/C14H23NO3S/c1-4-12-6-5-7-13(10-12)19(17,18)15-11-14(2,3)8-9-16/h5-7,10,15-16H,4,8-9,11H2,1-3H3. The van der Waals surface area contributed by atoms with Gasteiger partial charge in [0.05, 0.1) is 4.90 Å². The maximum absolute atomic E-state index is 12.2. The van der Waals surface area contributed by atoms with Crippen molar-refractivity contribution in [2.45, 2.75) is 38.5 Å². The monoisotopic (exact) mass is 285 g/mol. The van der Waals surface area contributed by atoms with Crippen molar-refractivity contribution >= 4 is 10.0 Å². The summed E-state index contributed by atoms with van der Waals surface area (Å²) in [4.78, 5) is 0.298. The predicted octanol–water partition coefficient (Wildman–Crippen LogP) is 1.94. The first-order chi connectivity index (χ1) is 8.80. The average Bonchev–Trinajstić information content (AvgIpc) is 2.37. The molecule has 4 nitrogen and oxygen atoms in total. The van der Waals surface area contributed by atoms with Crippen molar-refractivity contribution in [3.63, 3.8) is 0 Å². The Morgan fingerprint density at radius 2 is 2.00 bits per heavy atom. The predicted molar refractivity (Wildman–Crippen MR) is 76.5 cm³/mol. The molecular weight excluding hydrogens is 262 g/mol. The van der Waals surface area contributed by atoms with E-state index in [9.17, 15) is 8.42 Å². The van der Waals surface area contributed by atoms with E-state index in [0.29, 0.717) is 17.9 Å². The van der Waals surface area contributed by atoms with E-state index in [4.69, 9.17) is 5.11 Å². The molecule has 0 heterocycles. The van der Waals surface area contributed by atoms with Crippen LogP contribution in [0.4, 0.5) is 0 Å². The first-order valence-corrected chi connectivity index (χ1v) is 7.98. The van der Waals surface area contributed by atoms with Gasteiger partial charge in [-0.1, -0.05) is 32.9 Å². The number of benzene rings is 1. The fraction of sp³-hybridized carbons (Fsp3) is 0.571. The first kappa shape index (κ1) is 16.1. The molecular formula is C14H23NO3S. The van der Waals surface area contributed by atoms with Crippen molar-refractivity contribution in [1.29, 1.82) is 0 Å². The van der Waals surface area contributed by atoms with E-state index in [1.54, 1.807) is 18.2 Å². The van der Waals surface area contributed by atoms with E-state index >= 15 is 0 Å². The van der Waals surface area contributed by atoms with Gasteiger partial charge in [0.1, 0.15) is 0 Å². The lowest BCUT2D eigenvalue weighted by Gasteiger charge is -2.23. The van der Waals surface area contributed by atoms with Gasteiger partial charge in [0.15, 0.2) is 0 Å². The highest BCUT2D eigenvalue weighted by Gasteiger charge is 2.21. The summed E-state index contributed by atoms with van der Waals surface area (Å²) in [5.41, 5.74) is 0.738. The Hall–Kier alpha value is -0.910. The first-order valence-electron chi connectivity index (χ1n) is 6.50. The quantitative estimate of drug-likeness (QED) is 0.804. The second-order valence-electron chi connectivity index (χ2n) is 5.46. The molecule has 0 aliphatic carbocycles. The molecule has 0 aromatic heterocycles.